The predicted molar refractivity (Wildman–Crippen MR) is 69.8 cm³/mol. The molecule has 1 unspecified atom stereocenters. The van der Waals surface area contributed by atoms with Crippen LogP contribution >= 0.6 is 0 Å². The molecule has 20 heavy (non-hydrogen) atoms. The Morgan fingerprint density at radius 3 is 2.75 bits per heavy atom. The number of amides is 1. The second-order valence-electron chi connectivity index (χ2n) is 5.24. The molecule has 7 heteroatoms. The highest BCUT2D eigenvalue weighted by atomic mass is 19.1. The normalized spacial score (nSPS) is 22.1. The molecule has 0 spiro atoms. The maximum Gasteiger partial charge on any atom is 0.272 e. The van der Waals surface area contributed by atoms with Crippen molar-refractivity contribution in [3.8, 4) is 0 Å². The molecule has 1 saturated heterocycles. The second kappa shape index (κ2) is 4.73. The van der Waals surface area contributed by atoms with Gasteiger partial charge in [0.2, 0.25) is 5.91 Å². The number of hydrogen-bond acceptors (Lipinski definition) is 4. The van der Waals surface area contributed by atoms with Gasteiger partial charge < -0.3 is 10.2 Å². The molecule has 1 N–H and O–H groups in total. The summed E-state index contributed by atoms with van der Waals surface area (Å²) in [5.41, 5.74) is -0.0822. The van der Waals surface area contributed by atoms with Crippen LogP contribution in [0.1, 0.15) is 19.3 Å². The Balaban J connectivity index is 1.69. The van der Waals surface area contributed by atoms with Gasteiger partial charge in [-0.3, -0.25) is 14.9 Å². The van der Waals surface area contributed by atoms with Crippen molar-refractivity contribution < 1.29 is 14.1 Å². The van der Waals surface area contributed by atoms with Gasteiger partial charge in [0.05, 0.1) is 22.7 Å². The second-order valence-corrected chi connectivity index (χ2v) is 5.24. The summed E-state index contributed by atoms with van der Waals surface area (Å²) in [4.78, 5) is 23.5. The van der Waals surface area contributed by atoms with Gasteiger partial charge in [-0.15, -0.1) is 0 Å². The van der Waals surface area contributed by atoms with Gasteiger partial charge in [-0.05, 0) is 18.9 Å². The largest absolute Gasteiger partial charge is 0.378 e. The van der Waals surface area contributed by atoms with Crippen molar-refractivity contribution in [3.63, 3.8) is 0 Å². The minimum atomic E-state index is -0.670. The lowest BCUT2D eigenvalue weighted by atomic mass is 10.2. The van der Waals surface area contributed by atoms with E-state index in [4.69, 9.17) is 0 Å². The van der Waals surface area contributed by atoms with Crippen molar-refractivity contribution in [2.24, 2.45) is 0 Å². The van der Waals surface area contributed by atoms with Crippen LogP contribution in [0, 0.1) is 15.9 Å². The standard InChI is InChI=1S/C13H14FN3O3/c14-11-6-10(17(19)20)3-4-12(11)15-8-5-13(18)16(7-8)9-1-2-9/h3-4,6,8-9,15H,1-2,5,7H2. The Labute approximate surface area is 114 Å². The highest BCUT2D eigenvalue weighted by molar-refractivity contribution is 5.80. The molecule has 2 aliphatic rings. The topological polar surface area (TPSA) is 75.5 Å². The summed E-state index contributed by atoms with van der Waals surface area (Å²) in [6.07, 6.45) is 2.43. The maximum atomic E-state index is 13.8. The van der Waals surface area contributed by atoms with E-state index in [1.807, 2.05) is 4.90 Å². The SMILES string of the molecule is O=C1CC(Nc2ccc([N+](=O)[O-])cc2F)CN1C1CC1. The number of non-ortho nitro benzene ring substituents is 1. The lowest BCUT2D eigenvalue weighted by molar-refractivity contribution is -0.385. The Morgan fingerprint density at radius 1 is 1.40 bits per heavy atom. The fourth-order valence-electron chi connectivity index (χ4n) is 2.52. The Kier molecular flexibility index (Phi) is 3.04. The molecule has 1 aromatic rings. The highest BCUT2D eigenvalue weighted by Crippen LogP contribution is 2.32. The van der Waals surface area contributed by atoms with Crippen molar-refractivity contribution in [1.29, 1.82) is 0 Å². The van der Waals surface area contributed by atoms with E-state index in [1.54, 1.807) is 0 Å². The Morgan fingerprint density at radius 2 is 2.15 bits per heavy atom. The summed E-state index contributed by atoms with van der Waals surface area (Å²) in [5.74, 6) is -0.580. The smallest absolute Gasteiger partial charge is 0.272 e. The maximum absolute atomic E-state index is 13.8. The zero-order chi connectivity index (χ0) is 14.3. The van der Waals surface area contributed by atoms with Crippen LogP contribution in [0.15, 0.2) is 18.2 Å². The molecule has 106 valence electrons. The van der Waals surface area contributed by atoms with Gasteiger partial charge in [-0.25, -0.2) is 4.39 Å². The number of rotatable bonds is 4. The fourth-order valence-corrected chi connectivity index (χ4v) is 2.52. The van der Waals surface area contributed by atoms with Gasteiger partial charge in [0.15, 0.2) is 5.82 Å². The van der Waals surface area contributed by atoms with Gasteiger partial charge >= 0.3 is 0 Å². The molecular weight excluding hydrogens is 265 g/mol. The first-order valence-corrected chi connectivity index (χ1v) is 6.54. The molecule has 1 amide bonds. The van der Waals surface area contributed by atoms with Crippen LogP contribution in [-0.2, 0) is 4.79 Å². The van der Waals surface area contributed by atoms with Crippen molar-refractivity contribution >= 4 is 17.3 Å². The number of nitrogens with one attached hydrogen (secondary N) is 1. The molecule has 3 rings (SSSR count). The molecule has 0 bridgehead atoms. The third-order valence-corrected chi connectivity index (χ3v) is 3.67. The van der Waals surface area contributed by atoms with E-state index in [9.17, 15) is 19.3 Å². The number of halogens is 1. The van der Waals surface area contributed by atoms with Crippen LogP contribution in [0.5, 0.6) is 0 Å². The van der Waals surface area contributed by atoms with Crippen molar-refractivity contribution in [3.05, 3.63) is 34.1 Å². The van der Waals surface area contributed by atoms with Crippen LogP contribution in [0.2, 0.25) is 0 Å². The summed E-state index contributed by atoms with van der Waals surface area (Å²) in [6, 6.07) is 3.70. The van der Waals surface area contributed by atoms with Gasteiger partial charge in [0.1, 0.15) is 0 Å². The van der Waals surface area contributed by atoms with E-state index >= 15 is 0 Å². The average Bonchev–Trinajstić information content (AvgIpc) is 3.16. The van der Waals surface area contributed by atoms with E-state index in [2.05, 4.69) is 5.32 Å². The number of nitrogens with zero attached hydrogens (tertiary/aromatic N) is 2. The van der Waals surface area contributed by atoms with E-state index in [1.165, 1.54) is 12.1 Å². The third kappa shape index (κ3) is 2.43. The van der Waals surface area contributed by atoms with Crippen LogP contribution < -0.4 is 5.32 Å². The van der Waals surface area contributed by atoms with E-state index in [0.717, 1.165) is 18.9 Å². The van der Waals surface area contributed by atoms with Crippen molar-refractivity contribution in [2.45, 2.75) is 31.3 Å². The Hall–Kier alpha value is -2.18. The average molecular weight is 279 g/mol. The number of anilines is 1. The molecule has 0 radical (unpaired) electrons. The first kappa shape index (κ1) is 12.8. The lowest BCUT2D eigenvalue weighted by Crippen LogP contribution is -2.29. The molecule has 1 saturated carbocycles. The summed E-state index contributed by atoms with van der Waals surface area (Å²) < 4.78 is 13.8. The number of carbonyl (C=O) groups is 1. The molecule has 1 aromatic carbocycles. The number of hydrogen-bond donors (Lipinski definition) is 1. The molecule has 1 atom stereocenters. The van der Waals surface area contributed by atoms with Crippen molar-refractivity contribution in [1.82, 2.24) is 4.90 Å². The first-order chi connectivity index (χ1) is 9.54. The quantitative estimate of drug-likeness (QED) is 0.674. The molecular formula is C13H14FN3O3. The van der Waals surface area contributed by atoms with Gasteiger partial charge in [-0.2, -0.15) is 0 Å². The van der Waals surface area contributed by atoms with E-state index in [0.29, 0.717) is 19.0 Å². The van der Waals surface area contributed by atoms with Crippen LogP contribution in [-0.4, -0.2) is 34.4 Å². The zero-order valence-electron chi connectivity index (χ0n) is 10.7. The third-order valence-electron chi connectivity index (χ3n) is 3.67. The molecule has 0 aromatic heterocycles. The molecule has 1 aliphatic heterocycles. The minimum absolute atomic E-state index is 0.0901. The van der Waals surface area contributed by atoms with E-state index in [-0.39, 0.29) is 23.3 Å². The van der Waals surface area contributed by atoms with E-state index < -0.39 is 10.7 Å². The van der Waals surface area contributed by atoms with Crippen molar-refractivity contribution in [2.75, 3.05) is 11.9 Å². The summed E-state index contributed by atoms with van der Waals surface area (Å²) in [5, 5.41) is 13.5. The van der Waals surface area contributed by atoms with Gasteiger partial charge in [-0.1, -0.05) is 0 Å². The first-order valence-electron chi connectivity index (χ1n) is 6.54. The van der Waals surface area contributed by atoms with Gasteiger partial charge in [0.25, 0.3) is 5.69 Å². The monoisotopic (exact) mass is 279 g/mol. The number of benzene rings is 1. The number of nitro groups is 1. The molecule has 1 aliphatic carbocycles. The fraction of sp³-hybridized carbons (Fsp3) is 0.462. The lowest BCUT2D eigenvalue weighted by Gasteiger charge is -2.17. The molecule has 2 fully saturated rings. The summed E-state index contributed by atoms with van der Waals surface area (Å²) >= 11 is 0. The predicted octanol–water partition coefficient (Wildman–Crippen LogP) is 1.91. The minimum Gasteiger partial charge on any atom is -0.378 e. The number of carbonyl (C=O) groups excluding carboxylic acids is 1. The van der Waals surface area contributed by atoms with Gasteiger partial charge in [0, 0.05) is 25.1 Å². The number of likely N-dealkylation sites (tertiary alicyclic amines) is 1. The van der Waals surface area contributed by atoms with Crippen LogP contribution in [0.3, 0.4) is 0 Å². The molecule has 1 heterocycles. The molecule has 6 nitrogen and oxygen atoms in total. The summed E-state index contributed by atoms with van der Waals surface area (Å²) in [7, 11) is 0. The summed E-state index contributed by atoms with van der Waals surface area (Å²) in [6.45, 7) is 0.569. The zero-order valence-corrected chi connectivity index (χ0v) is 10.7. The van der Waals surface area contributed by atoms with Crippen LogP contribution in [0.25, 0.3) is 0 Å². The van der Waals surface area contributed by atoms with Crippen LogP contribution in [0.4, 0.5) is 15.8 Å². The Bertz CT molecular complexity index is 574. The highest BCUT2D eigenvalue weighted by Gasteiger charge is 2.39. The number of nitro benzene ring substituents is 1.